The summed E-state index contributed by atoms with van der Waals surface area (Å²) < 4.78 is 21.5. The summed E-state index contributed by atoms with van der Waals surface area (Å²) >= 11 is 0. The molecule has 12 nitrogen and oxygen atoms in total. The van der Waals surface area contributed by atoms with Gasteiger partial charge >= 0.3 is 18.2 Å². The van der Waals surface area contributed by atoms with Gasteiger partial charge in [0.1, 0.15) is 24.6 Å². The molecule has 1 heterocycles. The van der Waals surface area contributed by atoms with E-state index in [4.69, 9.17) is 24.5 Å². The average molecular weight is 509 g/mol. The first-order valence-electron chi connectivity index (χ1n) is 11.6. The molecule has 0 unspecified atom stereocenters. The Morgan fingerprint density at radius 1 is 1.22 bits per heavy atom. The van der Waals surface area contributed by atoms with Crippen molar-refractivity contribution in [2.24, 2.45) is 5.92 Å². The number of rotatable bonds is 13. The predicted molar refractivity (Wildman–Crippen MR) is 123 cm³/mol. The molecule has 1 saturated heterocycles. The van der Waals surface area contributed by atoms with Gasteiger partial charge in [-0.2, -0.15) is 4.79 Å². The average Bonchev–Trinajstić information content (AvgIpc) is 2.83. The summed E-state index contributed by atoms with van der Waals surface area (Å²) in [5.74, 6) is -2.25. The van der Waals surface area contributed by atoms with E-state index >= 15 is 0 Å². The lowest BCUT2D eigenvalue weighted by Crippen LogP contribution is -2.51. The Morgan fingerprint density at radius 2 is 1.92 bits per heavy atom. The van der Waals surface area contributed by atoms with Crippen molar-refractivity contribution in [2.75, 3.05) is 6.61 Å². The van der Waals surface area contributed by atoms with E-state index < -0.39 is 61.0 Å². The topological polar surface area (TPSA) is 185 Å². The van der Waals surface area contributed by atoms with E-state index in [9.17, 15) is 29.7 Å². The summed E-state index contributed by atoms with van der Waals surface area (Å²) in [7, 11) is 0. The molecule has 0 amide bonds. The van der Waals surface area contributed by atoms with Gasteiger partial charge in [0.05, 0.1) is 31.2 Å². The van der Waals surface area contributed by atoms with Crippen LogP contribution in [0.2, 0.25) is 0 Å². The predicted octanol–water partition coefficient (Wildman–Crippen LogP) is 0.546. The van der Waals surface area contributed by atoms with Crippen LogP contribution < -0.4 is 4.74 Å². The van der Waals surface area contributed by atoms with Gasteiger partial charge in [-0.05, 0) is 38.0 Å². The third-order valence-corrected chi connectivity index (χ3v) is 5.35. The van der Waals surface area contributed by atoms with Crippen LogP contribution in [-0.2, 0) is 35.2 Å². The summed E-state index contributed by atoms with van der Waals surface area (Å²) in [6, 6.07) is 6.51. The fourth-order valence-corrected chi connectivity index (χ4v) is 3.46. The van der Waals surface area contributed by atoms with Gasteiger partial charge in [-0.1, -0.05) is 12.1 Å². The number of nitrogens with zero attached hydrogens (tertiary/aromatic N) is 2. The molecule has 36 heavy (non-hydrogen) atoms. The van der Waals surface area contributed by atoms with Crippen LogP contribution in [0, 0.1) is 5.92 Å². The molecule has 1 aliphatic rings. The number of carbonyl (C=O) groups excluding carboxylic acids is 3. The highest BCUT2D eigenvalue weighted by molar-refractivity contribution is 6.25. The molecule has 1 aromatic carbocycles. The quantitative estimate of drug-likeness (QED) is 0.147. The largest absolute Gasteiger partial charge is 0.465 e. The number of hydrogen-bond donors (Lipinski definition) is 3. The van der Waals surface area contributed by atoms with E-state index in [2.05, 4.69) is 4.79 Å². The highest BCUT2D eigenvalue weighted by atomic mass is 16.7. The standard InChI is InChI=1S/C24H32N2O10/c1-14(2)34-24(32)16(5-6-17(28)11-26-25)9-21(30)33-13-15-3-7-18(8-4-15)35-22-10-19(29)23(31)20(12-27)36-22/h3-4,7-8,11,14,16,19-20,22-23,27,29,31H,5-6,9-10,12-13H2,1-2H3/t16-,19-,20-,22+,23-/m1/s1. The molecule has 0 saturated carbocycles. The molecule has 12 heteroatoms. The van der Waals surface area contributed by atoms with Gasteiger partial charge in [-0.3, -0.25) is 14.4 Å². The molecule has 3 N–H and O–H groups in total. The number of ether oxygens (including phenoxy) is 4. The van der Waals surface area contributed by atoms with Gasteiger partial charge in [-0.15, -0.1) is 0 Å². The molecule has 0 aliphatic carbocycles. The summed E-state index contributed by atoms with van der Waals surface area (Å²) in [6.45, 7) is 2.80. The summed E-state index contributed by atoms with van der Waals surface area (Å²) in [5, 5.41) is 28.9. The minimum Gasteiger partial charge on any atom is -0.465 e. The Balaban J connectivity index is 1.88. The molecular formula is C24H32N2O10. The molecule has 0 aromatic heterocycles. The minimum absolute atomic E-state index is 0.0236. The summed E-state index contributed by atoms with van der Waals surface area (Å²) in [4.78, 5) is 38.9. The fraction of sp³-hybridized carbons (Fsp3) is 0.583. The number of ketones is 1. The van der Waals surface area contributed by atoms with Crippen molar-refractivity contribution >= 4 is 23.9 Å². The zero-order valence-electron chi connectivity index (χ0n) is 20.2. The number of hydrogen-bond acceptors (Lipinski definition) is 10. The van der Waals surface area contributed by atoms with Crippen LogP contribution in [-0.4, -0.2) is 81.4 Å². The van der Waals surface area contributed by atoms with Crippen molar-refractivity contribution in [3.63, 3.8) is 0 Å². The van der Waals surface area contributed by atoms with E-state index in [1.165, 1.54) is 0 Å². The van der Waals surface area contributed by atoms with Crippen molar-refractivity contribution in [3.05, 3.63) is 35.4 Å². The Labute approximate surface area is 208 Å². The molecule has 1 aliphatic heterocycles. The first kappa shape index (κ1) is 29.1. The van der Waals surface area contributed by atoms with E-state index in [-0.39, 0.29) is 32.3 Å². The number of Topliss-reactive ketones (excluding diaryl/α,β-unsaturated/α-hetero) is 1. The van der Waals surface area contributed by atoms with E-state index in [0.29, 0.717) is 11.3 Å². The van der Waals surface area contributed by atoms with Crippen molar-refractivity contribution in [1.29, 1.82) is 0 Å². The fourth-order valence-electron chi connectivity index (χ4n) is 3.46. The first-order chi connectivity index (χ1) is 17.1. The number of benzene rings is 1. The van der Waals surface area contributed by atoms with Crippen molar-refractivity contribution in [2.45, 2.75) is 76.8 Å². The molecule has 0 bridgehead atoms. The monoisotopic (exact) mass is 508 g/mol. The lowest BCUT2D eigenvalue weighted by Gasteiger charge is -2.36. The Kier molecular flexibility index (Phi) is 11.6. The van der Waals surface area contributed by atoms with Gasteiger partial charge in [0.25, 0.3) is 0 Å². The zero-order valence-corrected chi connectivity index (χ0v) is 20.2. The lowest BCUT2D eigenvalue weighted by molar-refractivity contribution is -0.229. The van der Waals surface area contributed by atoms with Crippen LogP contribution in [0.3, 0.4) is 0 Å². The van der Waals surface area contributed by atoms with Gasteiger partial charge in [0, 0.05) is 12.8 Å². The van der Waals surface area contributed by atoms with Crippen LogP contribution in [0.4, 0.5) is 0 Å². The maximum atomic E-state index is 12.3. The van der Waals surface area contributed by atoms with Gasteiger partial charge < -0.3 is 39.8 Å². The van der Waals surface area contributed by atoms with Crippen molar-refractivity contribution in [1.82, 2.24) is 0 Å². The SMILES string of the molecule is CC(C)OC(=O)[C@H](CCC(=O)C=[N+]=[N-])CC(=O)OCc1ccc(O[C@@H]2C[C@@H](O)[C@@H](O)[C@@H](CO)O2)cc1. The Bertz CT molecular complexity index is 929. The molecule has 0 spiro atoms. The summed E-state index contributed by atoms with van der Waals surface area (Å²) in [6.07, 6.45) is -4.11. The molecule has 1 fully saturated rings. The molecule has 1 aromatic rings. The van der Waals surface area contributed by atoms with Crippen LogP contribution >= 0.6 is 0 Å². The second-order valence-electron chi connectivity index (χ2n) is 8.64. The van der Waals surface area contributed by atoms with Crippen molar-refractivity contribution in [3.8, 4) is 5.75 Å². The van der Waals surface area contributed by atoms with Gasteiger partial charge in [0.15, 0.2) is 0 Å². The van der Waals surface area contributed by atoms with E-state index in [1.54, 1.807) is 38.1 Å². The van der Waals surface area contributed by atoms with Crippen LogP contribution in [0.25, 0.3) is 5.53 Å². The van der Waals surface area contributed by atoms with Crippen LogP contribution in [0.1, 0.15) is 45.1 Å². The second-order valence-corrected chi connectivity index (χ2v) is 8.64. The molecule has 198 valence electrons. The lowest BCUT2D eigenvalue weighted by atomic mass is 9.98. The Hall–Kier alpha value is -3.15. The highest BCUT2D eigenvalue weighted by Gasteiger charge is 2.37. The third-order valence-electron chi connectivity index (χ3n) is 5.35. The second kappa shape index (κ2) is 14.4. The third kappa shape index (κ3) is 9.48. The maximum Gasteiger partial charge on any atom is 0.323 e. The molecule has 5 atom stereocenters. The Morgan fingerprint density at radius 3 is 2.53 bits per heavy atom. The summed E-state index contributed by atoms with van der Waals surface area (Å²) in [5.41, 5.74) is 9.07. The first-order valence-corrected chi connectivity index (χ1v) is 11.6. The molecule has 2 rings (SSSR count). The number of carbonyl (C=O) groups is 3. The normalized spacial score (nSPS) is 22.3. The van der Waals surface area contributed by atoms with Crippen molar-refractivity contribution < 1.29 is 53.4 Å². The van der Waals surface area contributed by atoms with E-state index in [0.717, 1.165) is 6.21 Å². The smallest absolute Gasteiger partial charge is 0.323 e. The number of esters is 2. The van der Waals surface area contributed by atoms with E-state index in [1.807, 2.05) is 0 Å². The maximum absolute atomic E-state index is 12.3. The molecule has 0 radical (unpaired) electrons. The molecular weight excluding hydrogens is 476 g/mol. The minimum atomic E-state index is -1.20. The number of aliphatic hydroxyl groups excluding tert-OH is 3. The van der Waals surface area contributed by atoms with Crippen LogP contribution in [0.5, 0.6) is 5.75 Å². The van der Waals surface area contributed by atoms with Gasteiger partial charge in [-0.25, -0.2) is 0 Å². The highest BCUT2D eigenvalue weighted by Crippen LogP contribution is 2.24. The number of aliphatic hydroxyl groups is 3. The van der Waals surface area contributed by atoms with Gasteiger partial charge in [0.2, 0.25) is 12.1 Å². The van der Waals surface area contributed by atoms with Crippen LogP contribution in [0.15, 0.2) is 24.3 Å². The zero-order chi connectivity index (χ0) is 26.7.